The maximum atomic E-state index is 11.8. The third-order valence-electron chi connectivity index (χ3n) is 2.48. The highest BCUT2D eigenvalue weighted by Gasteiger charge is 2.03. The molecule has 3 heteroatoms. The van der Waals surface area contributed by atoms with Crippen molar-refractivity contribution in [2.75, 3.05) is 0 Å². The van der Waals surface area contributed by atoms with E-state index >= 15 is 0 Å². The molecule has 0 aromatic carbocycles. The molecule has 0 N–H and O–H groups in total. The number of rotatable bonds is 1. The van der Waals surface area contributed by atoms with Crippen molar-refractivity contribution in [3.05, 3.63) is 40.4 Å². The van der Waals surface area contributed by atoms with Gasteiger partial charge >= 0.3 is 0 Å². The number of aromatic nitrogens is 2. The lowest BCUT2D eigenvalue weighted by molar-refractivity contribution is 0.875. The number of pyridine rings is 2. The van der Waals surface area contributed by atoms with E-state index in [1.165, 1.54) is 0 Å². The van der Waals surface area contributed by atoms with Crippen LogP contribution in [0.25, 0.3) is 10.9 Å². The van der Waals surface area contributed by atoms with Crippen LogP contribution in [0.4, 0.5) is 0 Å². The number of fused-ring (bicyclic) bond motifs is 1. The van der Waals surface area contributed by atoms with E-state index in [9.17, 15) is 4.79 Å². The summed E-state index contributed by atoms with van der Waals surface area (Å²) in [6.45, 7) is 1.99. The molecule has 2 aromatic rings. The van der Waals surface area contributed by atoms with Crippen LogP contribution in [0.15, 0.2) is 29.3 Å². The molecule has 0 spiro atoms. The number of hydrogen-bond donors (Lipinski definition) is 0. The second-order valence-electron chi connectivity index (χ2n) is 3.32. The van der Waals surface area contributed by atoms with Crippen LogP contribution >= 0.6 is 0 Å². The van der Waals surface area contributed by atoms with Crippen LogP contribution in [-0.4, -0.2) is 9.55 Å². The summed E-state index contributed by atoms with van der Waals surface area (Å²) in [5.74, 6) is 0. The molecular formula is C11H12N2O. The Morgan fingerprint density at radius 3 is 3.00 bits per heavy atom. The number of aryl methyl sites for hydroxylation is 2. The van der Waals surface area contributed by atoms with Crippen LogP contribution in [0, 0.1) is 0 Å². The van der Waals surface area contributed by atoms with Crippen LogP contribution < -0.4 is 5.56 Å². The van der Waals surface area contributed by atoms with Gasteiger partial charge in [-0.25, -0.2) is 0 Å². The zero-order valence-electron chi connectivity index (χ0n) is 8.32. The van der Waals surface area contributed by atoms with Gasteiger partial charge in [0.1, 0.15) is 0 Å². The quantitative estimate of drug-likeness (QED) is 0.679. The average Bonchev–Trinajstić information content (AvgIpc) is 2.23. The summed E-state index contributed by atoms with van der Waals surface area (Å²) in [6.07, 6.45) is 4.25. The zero-order valence-corrected chi connectivity index (χ0v) is 8.32. The van der Waals surface area contributed by atoms with Gasteiger partial charge in [-0.1, -0.05) is 6.92 Å². The lowest BCUT2D eigenvalue weighted by atomic mass is 10.1. The maximum absolute atomic E-state index is 11.8. The Labute approximate surface area is 82.0 Å². The summed E-state index contributed by atoms with van der Waals surface area (Å²) in [5.41, 5.74) is 1.86. The summed E-state index contributed by atoms with van der Waals surface area (Å²) in [5, 5.41) is 1.02. The zero-order chi connectivity index (χ0) is 10.1. The van der Waals surface area contributed by atoms with Crippen molar-refractivity contribution < 1.29 is 0 Å². The summed E-state index contributed by atoms with van der Waals surface area (Å²) < 4.78 is 1.68. The van der Waals surface area contributed by atoms with E-state index in [0.717, 1.165) is 22.9 Å². The van der Waals surface area contributed by atoms with E-state index in [1.54, 1.807) is 24.0 Å². The standard InChI is InChI=1S/C11H12N2O/c1-3-8-6-9-7-12-5-4-10(9)13(2)11(8)14/h4-7H,3H2,1-2H3. The monoisotopic (exact) mass is 188 g/mol. The summed E-state index contributed by atoms with van der Waals surface area (Å²) in [7, 11) is 1.80. The van der Waals surface area contributed by atoms with Gasteiger partial charge in [0, 0.05) is 30.4 Å². The van der Waals surface area contributed by atoms with Crippen molar-refractivity contribution in [2.45, 2.75) is 13.3 Å². The molecule has 0 aliphatic carbocycles. The SMILES string of the molecule is CCc1cc2cnccc2n(C)c1=O. The van der Waals surface area contributed by atoms with Gasteiger partial charge in [0.05, 0.1) is 5.52 Å². The molecule has 0 radical (unpaired) electrons. The van der Waals surface area contributed by atoms with E-state index in [1.807, 2.05) is 19.1 Å². The Kier molecular flexibility index (Phi) is 2.08. The molecule has 72 valence electrons. The fourth-order valence-corrected chi connectivity index (χ4v) is 1.64. The predicted octanol–water partition coefficient (Wildman–Crippen LogP) is 1.50. The normalized spacial score (nSPS) is 10.7. The van der Waals surface area contributed by atoms with Gasteiger partial charge in [-0.2, -0.15) is 0 Å². The highest BCUT2D eigenvalue weighted by atomic mass is 16.1. The molecule has 0 atom stereocenters. The van der Waals surface area contributed by atoms with Crippen LogP contribution in [0.1, 0.15) is 12.5 Å². The van der Waals surface area contributed by atoms with E-state index in [-0.39, 0.29) is 5.56 Å². The molecule has 0 saturated carbocycles. The van der Waals surface area contributed by atoms with Gasteiger partial charge in [0.25, 0.3) is 5.56 Å². The third-order valence-corrected chi connectivity index (χ3v) is 2.48. The third kappa shape index (κ3) is 1.21. The topological polar surface area (TPSA) is 34.9 Å². The van der Waals surface area contributed by atoms with Crippen molar-refractivity contribution >= 4 is 10.9 Å². The van der Waals surface area contributed by atoms with E-state index < -0.39 is 0 Å². The first-order chi connectivity index (χ1) is 6.74. The first kappa shape index (κ1) is 8.94. The molecule has 3 nitrogen and oxygen atoms in total. The summed E-state index contributed by atoms with van der Waals surface area (Å²) >= 11 is 0. The highest BCUT2D eigenvalue weighted by Crippen LogP contribution is 2.10. The van der Waals surface area contributed by atoms with Gasteiger partial charge in [0.2, 0.25) is 0 Å². The molecule has 0 bridgehead atoms. The van der Waals surface area contributed by atoms with Gasteiger partial charge < -0.3 is 4.57 Å². The van der Waals surface area contributed by atoms with Crippen molar-refractivity contribution in [3.8, 4) is 0 Å². The van der Waals surface area contributed by atoms with Crippen LogP contribution in [-0.2, 0) is 13.5 Å². The molecule has 14 heavy (non-hydrogen) atoms. The molecule has 0 saturated heterocycles. The molecular weight excluding hydrogens is 176 g/mol. The van der Waals surface area contributed by atoms with Crippen LogP contribution in [0.2, 0.25) is 0 Å². The molecule has 0 amide bonds. The Morgan fingerprint density at radius 1 is 1.50 bits per heavy atom. The van der Waals surface area contributed by atoms with Gasteiger partial charge in [-0.3, -0.25) is 9.78 Å². The minimum atomic E-state index is 0.0891. The number of hydrogen-bond acceptors (Lipinski definition) is 2. The average molecular weight is 188 g/mol. The second kappa shape index (κ2) is 3.25. The maximum Gasteiger partial charge on any atom is 0.253 e. The molecule has 0 fully saturated rings. The predicted molar refractivity (Wildman–Crippen MR) is 56.4 cm³/mol. The van der Waals surface area contributed by atoms with Gasteiger partial charge in [0.15, 0.2) is 0 Å². The molecule has 2 rings (SSSR count). The molecule has 0 aliphatic heterocycles. The van der Waals surface area contributed by atoms with Crippen LogP contribution in [0.5, 0.6) is 0 Å². The molecule has 0 aliphatic rings. The van der Waals surface area contributed by atoms with Crippen molar-refractivity contribution in [1.82, 2.24) is 9.55 Å². The van der Waals surface area contributed by atoms with Crippen molar-refractivity contribution in [2.24, 2.45) is 7.05 Å². The van der Waals surface area contributed by atoms with Crippen LogP contribution in [0.3, 0.4) is 0 Å². The van der Waals surface area contributed by atoms with Crippen molar-refractivity contribution in [1.29, 1.82) is 0 Å². The molecule has 2 heterocycles. The fraction of sp³-hybridized carbons (Fsp3) is 0.273. The Hall–Kier alpha value is -1.64. The Balaban J connectivity index is 2.92. The van der Waals surface area contributed by atoms with Gasteiger partial charge in [-0.05, 0) is 18.6 Å². The Bertz CT molecular complexity index is 528. The van der Waals surface area contributed by atoms with E-state index in [0.29, 0.717) is 0 Å². The summed E-state index contributed by atoms with van der Waals surface area (Å²) in [6, 6.07) is 3.78. The Morgan fingerprint density at radius 2 is 2.29 bits per heavy atom. The molecule has 2 aromatic heterocycles. The van der Waals surface area contributed by atoms with E-state index in [2.05, 4.69) is 4.98 Å². The minimum absolute atomic E-state index is 0.0891. The first-order valence-corrected chi connectivity index (χ1v) is 4.66. The largest absolute Gasteiger partial charge is 0.311 e. The van der Waals surface area contributed by atoms with Gasteiger partial charge in [-0.15, -0.1) is 0 Å². The highest BCUT2D eigenvalue weighted by molar-refractivity contribution is 5.78. The smallest absolute Gasteiger partial charge is 0.253 e. The molecule has 0 unspecified atom stereocenters. The second-order valence-corrected chi connectivity index (χ2v) is 3.32. The first-order valence-electron chi connectivity index (χ1n) is 4.66. The lowest BCUT2D eigenvalue weighted by Crippen LogP contribution is -2.20. The lowest BCUT2D eigenvalue weighted by Gasteiger charge is -2.06. The minimum Gasteiger partial charge on any atom is -0.311 e. The van der Waals surface area contributed by atoms with E-state index in [4.69, 9.17) is 0 Å². The summed E-state index contributed by atoms with van der Waals surface area (Å²) in [4.78, 5) is 15.8. The van der Waals surface area contributed by atoms with Crippen molar-refractivity contribution in [3.63, 3.8) is 0 Å². The number of nitrogens with zero attached hydrogens (tertiary/aromatic N) is 2. The fourth-order valence-electron chi connectivity index (χ4n) is 1.64.